The molecule has 1 N–H and O–H groups in total. The minimum absolute atomic E-state index is 0.106. The molecule has 3 aromatic rings. The topological polar surface area (TPSA) is 102 Å². The first-order chi connectivity index (χ1) is 17.6. The Labute approximate surface area is 218 Å². The zero-order valence-corrected chi connectivity index (χ0v) is 22.2. The van der Waals surface area contributed by atoms with Gasteiger partial charge in [-0.05, 0) is 67.3 Å². The number of ether oxygens (including phenoxy) is 2. The largest absolute Gasteiger partial charge is 0.469 e. The first kappa shape index (κ1) is 27.9. The Kier molecular flexibility index (Phi) is 9.43. The Morgan fingerprint density at radius 2 is 1.41 bits per heavy atom. The van der Waals surface area contributed by atoms with Crippen molar-refractivity contribution in [3.8, 4) is 11.5 Å². The standard InChI is InChI=1S/C28H32N2O6S/c1-20-5-16-25(17-6-20)37(33,34)29-26(28(32)30(2)3)19-22-9-14-24(15-10-22)36-23-12-7-21(8-13-23)11-18-27(31)35-4/h5-10,12-17,26,29H,11,18-19H2,1-4H3/t26-/m0/s1. The fraction of sp³-hybridized carbons (Fsp3) is 0.286. The first-order valence-corrected chi connectivity index (χ1v) is 13.3. The molecule has 37 heavy (non-hydrogen) atoms. The molecule has 0 aromatic heterocycles. The molecule has 0 saturated carbocycles. The Hall–Kier alpha value is -3.69. The van der Waals surface area contributed by atoms with Crippen molar-refractivity contribution in [1.29, 1.82) is 0 Å². The predicted molar refractivity (Wildman–Crippen MR) is 141 cm³/mol. The van der Waals surface area contributed by atoms with Crippen molar-refractivity contribution in [3.63, 3.8) is 0 Å². The third-order valence-corrected chi connectivity index (χ3v) is 7.22. The van der Waals surface area contributed by atoms with Crippen LogP contribution in [0.3, 0.4) is 0 Å². The van der Waals surface area contributed by atoms with Crippen LogP contribution < -0.4 is 9.46 Å². The number of esters is 1. The number of sulfonamides is 1. The third-order valence-electron chi connectivity index (χ3n) is 5.74. The molecule has 0 radical (unpaired) electrons. The molecule has 0 bridgehead atoms. The SMILES string of the molecule is COC(=O)CCc1ccc(Oc2ccc(C[C@H](NS(=O)(=O)c3ccc(C)cc3)C(=O)N(C)C)cc2)cc1. The number of benzene rings is 3. The molecular weight excluding hydrogens is 492 g/mol. The predicted octanol–water partition coefficient (Wildman–Crippen LogP) is 3.87. The number of nitrogens with one attached hydrogen (secondary N) is 1. The highest BCUT2D eigenvalue weighted by molar-refractivity contribution is 7.89. The zero-order valence-electron chi connectivity index (χ0n) is 21.4. The number of carbonyl (C=O) groups excluding carboxylic acids is 2. The lowest BCUT2D eigenvalue weighted by Gasteiger charge is -2.22. The third kappa shape index (κ3) is 8.16. The van der Waals surface area contributed by atoms with E-state index in [-0.39, 0.29) is 23.2 Å². The zero-order chi connectivity index (χ0) is 27.0. The van der Waals surface area contributed by atoms with Gasteiger partial charge in [0, 0.05) is 20.5 Å². The quantitative estimate of drug-likeness (QED) is 0.382. The van der Waals surface area contributed by atoms with Gasteiger partial charge >= 0.3 is 5.97 Å². The number of hydrogen-bond donors (Lipinski definition) is 1. The van der Waals surface area contributed by atoms with Gasteiger partial charge in [-0.1, -0.05) is 42.0 Å². The monoisotopic (exact) mass is 524 g/mol. The van der Waals surface area contributed by atoms with E-state index in [1.54, 1.807) is 50.5 Å². The number of methoxy groups -OCH3 is 1. The molecule has 9 heteroatoms. The number of aryl methyl sites for hydroxylation is 2. The van der Waals surface area contributed by atoms with Crippen molar-refractivity contribution in [1.82, 2.24) is 9.62 Å². The number of nitrogens with zero attached hydrogens (tertiary/aromatic N) is 1. The summed E-state index contributed by atoms with van der Waals surface area (Å²) in [5.74, 6) is 0.643. The van der Waals surface area contributed by atoms with E-state index in [4.69, 9.17) is 4.74 Å². The van der Waals surface area contributed by atoms with Crippen LogP contribution in [-0.4, -0.2) is 52.4 Å². The van der Waals surface area contributed by atoms with Crippen molar-refractivity contribution < 1.29 is 27.5 Å². The molecule has 0 saturated heterocycles. The lowest BCUT2D eigenvalue weighted by Crippen LogP contribution is -2.47. The summed E-state index contributed by atoms with van der Waals surface area (Å²) < 4.78 is 39.0. The Morgan fingerprint density at radius 1 is 0.865 bits per heavy atom. The van der Waals surface area contributed by atoms with Gasteiger partial charge in [0.05, 0.1) is 12.0 Å². The maximum atomic E-state index is 12.9. The van der Waals surface area contributed by atoms with Gasteiger partial charge in [0.15, 0.2) is 0 Å². The van der Waals surface area contributed by atoms with Crippen LogP contribution in [0.15, 0.2) is 77.7 Å². The van der Waals surface area contributed by atoms with Crippen LogP contribution >= 0.6 is 0 Å². The van der Waals surface area contributed by atoms with E-state index in [0.29, 0.717) is 24.3 Å². The van der Waals surface area contributed by atoms with Crippen LogP contribution in [-0.2, 0) is 37.2 Å². The highest BCUT2D eigenvalue weighted by atomic mass is 32.2. The second-order valence-corrected chi connectivity index (χ2v) is 10.6. The molecule has 8 nitrogen and oxygen atoms in total. The molecular formula is C28H32N2O6S. The van der Waals surface area contributed by atoms with Crippen LogP contribution in [0, 0.1) is 6.92 Å². The van der Waals surface area contributed by atoms with Gasteiger partial charge in [0.1, 0.15) is 17.5 Å². The van der Waals surface area contributed by atoms with Crippen LogP contribution in [0.5, 0.6) is 11.5 Å². The molecule has 196 valence electrons. The second kappa shape index (κ2) is 12.5. The fourth-order valence-electron chi connectivity index (χ4n) is 3.60. The fourth-order valence-corrected chi connectivity index (χ4v) is 4.79. The first-order valence-electron chi connectivity index (χ1n) is 11.8. The van der Waals surface area contributed by atoms with Gasteiger partial charge < -0.3 is 14.4 Å². The summed E-state index contributed by atoms with van der Waals surface area (Å²) in [6.07, 6.45) is 1.08. The minimum Gasteiger partial charge on any atom is -0.469 e. The van der Waals surface area contributed by atoms with Gasteiger partial charge in [-0.3, -0.25) is 9.59 Å². The van der Waals surface area contributed by atoms with E-state index in [9.17, 15) is 18.0 Å². The van der Waals surface area contributed by atoms with E-state index in [0.717, 1.165) is 16.7 Å². The lowest BCUT2D eigenvalue weighted by atomic mass is 10.1. The summed E-state index contributed by atoms with van der Waals surface area (Å²) in [4.78, 5) is 25.6. The Morgan fingerprint density at radius 3 is 1.92 bits per heavy atom. The Balaban J connectivity index is 1.67. The number of amides is 1. The lowest BCUT2D eigenvalue weighted by molar-refractivity contribution is -0.140. The molecule has 0 aliphatic carbocycles. The molecule has 0 unspecified atom stereocenters. The van der Waals surface area contributed by atoms with Crippen molar-refractivity contribution in [2.24, 2.45) is 0 Å². The summed E-state index contributed by atoms with van der Waals surface area (Å²) in [7, 11) is 0.665. The van der Waals surface area contributed by atoms with Crippen LogP contribution in [0.2, 0.25) is 0 Å². The molecule has 0 heterocycles. The van der Waals surface area contributed by atoms with E-state index in [1.165, 1.54) is 24.1 Å². The van der Waals surface area contributed by atoms with Crippen LogP contribution in [0.4, 0.5) is 0 Å². The van der Waals surface area contributed by atoms with Gasteiger partial charge in [-0.15, -0.1) is 0 Å². The summed E-state index contributed by atoms with van der Waals surface area (Å²) in [5, 5.41) is 0. The molecule has 0 fully saturated rings. The number of rotatable bonds is 11. The van der Waals surface area contributed by atoms with Gasteiger partial charge in [-0.2, -0.15) is 4.72 Å². The molecule has 0 spiro atoms. The molecule has 3 rings (SSSR count). The van der Waals surface area contributed by atoms with Gasteiger partial charge in [-0.25, -0.2) is 8.42 Å². The van der Waals surface area contributed by atoms with E-state index >= 15 is 0 Å². The highest BCUT2D eigenvalue weighted by Crippen LogP contribution is 2.23. The van der Waals surface area contributed by atoms with Crippen molar-refractivity contribution >= 4 is 21.9 Å². The smallest absolute Gasteiger partial charge is 0.305 e. The molecule has 0 aliphatic heterocycles. The van der Waals surface area contributed by atoms with Crippen LogP contribution in [0.25, 0.3) is 0 Å². The maximum absolute atomic E-state index is 12.9. The van der Waals surface area contributed by atoms with Crippen molar-refractivity contribution in [3.05, 3.63) is 89.5 Å². The summed E-state index contributed by atoms with van der Waals surface area (Å²) >= 11 is 0. The number of likely N-dealkylation sites (N-methyl/N-ethyl adjacent to an activating group) is 1. The molecule has 1 atom stereocenters. The van der Waals surface area contributed by atoms with Crippen molar-refractivity contribution in [2.45, 2.75) is 37.1 Å². The normalized spacial score (nSPS) is 12.0. The van der Waals surface area contributed by atoms with Gasteiger partial charge in [0.25, 0.3) is 0 Å². The van der Waals surface area contributed by atoms with Gasteiger partial charge in [0.2, 0.25) is 15.9 Å². The Bertz CT molecular complexity index is 1300. The summed E-state index contributed by atoms with van der Waals surface area (Å²) in [6, 6.07) is 20.1. The minimum atomic E-state index is -3.89. The maximum Gasteiger partial charge on any atom is 0.305 e. The number of carbonyl (C=O) groups is 2. The van der Waals surface area contributed by atoms with Crippen LogP contribution in [0.1, 0.15) is 23.1 Å². The molecule has 3 aromatic carbocycles. The van der Waals surface area contributed by atoms with E-state index < -0.39 is 16.1 Å². The van der Waals surface area contributed by atoms with E-state index in [1.807, 2.05) is 31.2 Å². The highest BCUT2D eigenvalue weighted by Gasteiger charge is 2.27. The number of hydrogen-bond acceptors (Lipinski definition) is 6. The van der Waals surface area contributed by atoms with Crippen molar-refractivity contribution in [2.75, 3.05) is 21.2 Å². The summed E-state index contributed by atoms with van der Waals surface area (Å²) in [6.45, 7) is 1.87. The summed E-state index contributed by atoms with van der Waals surface area (Å²) in [5.41, 5.74) is 2.71. The molecule has 1 amide bonds. The average Bonchev–Trinajstić information content (AvgIpc) is 2.88. The molecule has 0 aliphatic rings. The van der Waals surface area contributed by atoms with E-state index in [2.05, 4.69) is 9.46 Å². The second-order valence-electron chi connectivity index (χ2n) is 8.89. The average molecular weight is 525 g/mol.